The molecule has 0 saturated carbocycles. The van der Waals surface area contributed by atoms with E-state index in [2.05, 4.69) is 19.9 Å². The van der Waals surface area contributed by atoms with E-state index >= 15 is 0 Å². The molecule has 3 aromatic rings. The summed E-state index contributed by atoms with van der Waals surface area (Å²) in [5.74, 6) is -0.401. The van der Waals surface area contributed by atoms with Crippen molar-refractivity contribution in [3.05, 3.63) is 45.8 Å². The Balaban J connectivity index is 1.40. The van der Waals surface area contributed by atoms with Gasteiger partial charge < -0.3 is 44.4 Å². The number of hydrogen-bond donors (Lipinski definition) is 4. The lowest BCUT2D eigenvalue weighted by molar-refractivity contribution is -0.163. The van der Waals surface area contributed by atoms with Crippen LogP contribution in [0.2, 0.25) is 0 Å². The molecule has 1 unspecified atom stereocenters. The fourth-order valence-corrected chi connectivity index (χ4v) is 8.13. The average Bonchev–Trinajstić information content (AvgIpc) is 3.79. The van der Waals surface area contributed by atoms with Gasteiger partial charge in [0.25, 0.3) is 5.56 Å². The van der Waals surface area contributed by atoms with Crippen molar-refractivity contribution in [2.75, 3.05) is 58.4 Å². The van der Waals surface area contributed by atoms with Crippen molar-refractivity contribution in [1.82, 2.24) is 29.1 Å². The number of rotatable bonds is 17. The normalized spacial score (nSPS) is 26.1. The fraction of sp³-hybridized carbons (Fsp3) is 0.643. The number of ether oxygens (including phenoxy) is 6. The molecule has 2 saturated heterocycles. The van der Waals surface area contributed by atoms with E-state index in [0.717, 1.165) is 16.8 Å². The number of carbonyl (C=O) groups is 1. The van der Waals surface area contributed by atoms with E-state index in [9.17, 15) is 29.2 Å². The van der Waals surface area contributed by atoms with Crippen molar-refractivity contribution in [2.24, 2.45) is 5.92 Å². The Labute approximate surface area is 293 Å². The molecule has 0 amide bonds. The van der Waals surface area contributed by atoms with Crippen LogP contribution in [-0.4, -0.2) is 123 Å². The molecule has 0 aromatic carbocycles. The zero-order chi connectivity index (χ0) is 36.8. The van der Waals surface area contributed by atoms with E-state index in [1.807, 2.05) is 13.8 Å². The maximum absolute atomic E-state index is 14.6. The molecule has 282 valence electrons. The summed E-state index contributed by atoms with van der Waals surface area (Å²) in [6.45, 7) is -2.47. The highest BCUT2D eigenvalue weighted by Crippen LogP contribution is 2.63. The number of methoxy groups -OCH3 is 1. The summed E-state index contributed by atoms with van der Waals surface area (Å²) in [5, 5.41) is 21.2. The number of aromatic amines is 1. The first-order valence-corrected chi connectivity index (χ1v) is 18.8. The SMILES string of the molecule is COCCO[C@]1(n2ccc(=O)[nH]c2=O)CO[C@H](CO)[C@H]1OP(=O)(OC[C@H]1O[C@@H](n2cnc3c(N)ncnc32)C[C@@H]1O)SCOC(=O)OCC(C)C. The highest BCUT2D eigenvalue weighted by Gasteiger charge is 2.57. The Kier molecular flexibility index (Phi) is 12.9. The second-order valence-electron chi connectivity index (χ2n) is 11.8. The third kappa shape index (κ3) is 8.96. The van der Waals surface area contributed by atoms with Crippen molar-refractivity contribution in [3.8, 4) is 0 Å². The molecule has 51 heavy (non-hydrogen) atoms. The first-order chi connectivity index (χ1) is 24.4. The van der Waals surface area contributed by atoms with Crippen molar-refractivity contribution in [1.29, 1.82) is 0 Å². The number of carbonyl (C=O) groups excluding carboxylic acids is 1. The number of nitrogens with zero attached hydrogens (tertiary/aromatic N) is 5. The quantitative estimate of drug-likeness (QED) is 0.0624. The van der Waals surface area contributed by atoms with Gasteiger partial charge in [0.2, 0.25) is 5.72 Å². The number of aromatic nitrogens is 6. The van der Waals surface area contributed by atoms with Gasteiger partial charge in [-0.15, -0.1) is 0 Å². The highest BCUT2D eigenvalue weighted by atomic mass is 32.7. The number of fused-ring (bicyclic) bond motifs is 1. The lowest BCUT2D eigenvalue weighted by Crippen LogP contribution is -2.55. The number of hydrogen-bond acceptors (Lipinski definition) is 19. The van der Waals surface area contributed by atoms with Crippen molar-refractivity contribution in [2.45, 2.75) is 56.6 Å². The summed E-state index contributed by atoms with van der Waals surface area (Å²) in [4.78, 5) is 51.7. The first kappa shape index (κ1) is 38.8. The number of anilines is 1. The second kappa shape index (κ2) is 16.9. The molecule has 7 atom stereocenters. The summed E-state index contributed by atoms with van der Waals surface area (Å²) in [6.07, 6.45) is -2.83. The van der Waals surface area contributed by atoms with Crippen molar-refractivity contribution >= 4 is 41.3 Å². The average molecular weight is 762 g/mol. The molecule has 5 heterocycles. The Morgan fingerprint density at radius 1 is 1.24 bits per heavy atom. The standard InChI is InChI=1S/C28H40N7O14PS/c1-16(2)10-43-27(40)45-15-51-50(41,47-11-19-17(37)8-21(48-19)34-14-32-22-24(29)30-13-31-25(22)34)49-23-18(9-36)44-12-28(23,46-7-6-42-3)35-5-4-20(38)33-26(35)39/h4-5,13-14,16-19,21,23,36-37H,6-12,15H2,1-3H3,(H2,29,30,31)(H,33,38,39)/t17-,18+,19+,21+,23+,28+,50?/m0/s1. The summed E-state index contributed by atoms with van der Waals surface area (Å²) >= 11 is 0.446. The molecule has 5 rings (SSSR count). The maximum atomic E-state index is 14.6. The molecule has 0 radical (unpaired) electrons. The lowest BCUT2D eigenvalue weighted by Gasteiger charge is -2.37. The van der Waals surface area contributed by atoms with Crippen molar-refractivity contribution < 1.29 is 57.0 Å². The van der Waals surface area contributed by atoms with Gasteiger partial charge >= 0.3 is 18.6 Å². The van der Waals surface area contributed by atoms with Gasteiger partial charge in [-0.25, -0.2) is 29.1 Å². The van der Waals surface area contributed by atoms with Gasteiger partial charge in [-0.2, -0.15) is 0 Å². The maximum Gasteiger partial charge on any atom is 0.509 e. The summed E-state index contributed by atoms with van der Waals surface area (Å²) in [6, 6.07) is 1.06. The van der Waals surface area contributed by atoms with Crippen LogP contribution in [0.15, 0.2) is 34.5 Å². The largest absolute Gasteiger partial charge is 0.509 e. The molecule has 2 aliphatic rings. The minimum Gasteiger partial charge on any atom is -0.434 e. The van der Waals surface area contributed by atoms with Crippen LogP contribution in [0, 0.1) is 5.92 Å². The van der Waals surface area contributed by atoms with Gasteiger partial charge in [-0.1, -0.05) is 13.8 Å². The summed E-state index contributed by atoms with van der Waals surface area (Å²) < 4.78 is 62.2. The summed E-state index contributed by atoms with van der Waals surface area (Å²) in [7, 11) is 1.42. The predicted molar refractivity (Wildman–Crippen MR) is 176 cm³/mol. The molecule has 21 nitrogen and oxygen atoms in total. The van der Waals surface area contributed by atoms with E-state index in [1.54, 1.807) is 4.57 Å². The Morgan fingerprint density at radius 2 is 2.04 bits per heavy atom. The van der Waals surface area contributed by atoms with Crippen LogP contribution in [0.4, 0.5) is 10.6 Å². The van der Waals surface area contributed by atoms with E-state index in [1.165, 1.54) is 19.8 Å². The van der Waals surface area contributed by atoms with Crippen molar-refractivity contribution in [3.63, 3.8) is 0 Å². The van der Waals surface area contributed by atoms with Crippen LogP contribution in [0.3, 0.4) is 0 Å². The van der Waals surface area contributed by atoms with Crippen LogP contribution in [0.5, 0.6) is 0 Å². The Hall–Kier alpha value is -3.44. The van der Waals surface area contributed by atoms with E-state index < -0.39 is 86.3 Å². The first-order valence-electron chi connectivity index (χ1n) is 15.7. The Morgan fingerprint density at radius 3 is 2.76 bits per heavy atom. The number of aliphatic hydroxyl groups is 2. The fourth-order valence-electron chi connectivity index (χ4n) is 5.34. The molecule has 0 bridgehead atoms. The van der Waals surface area contributed by atoms with Crippen LogP contribution in [0.1, 0.15) is 26.5 Å². The zero-order valence-corrected chi connectivity index (χ0v) is 29.6. The third-order valence-electron chi connectivity index (χ3n) is 7.80. The topological polar surface area (TPSA) is 273 Å². The monoisotopic (exact) mass is 761 g/mol. The number of nitrogens with one attached hydrogen (secondary N) is 1. The van der Waals surface area contributed by atoms with Crippen LogP contribution >= 0.6 is 18.2 Å². The smallest absolute Gasteiger partial charge is 0.434 e. The minimum atomic E-state index is -4.54. The predicted octanol–water partition coefficient (Wildman–Crippen LogP) is 0.324. The summed E-state index contributed by atoms with van der Waals surface area (Å²) in [5.41, 5.74) is 3.08. The van der Waals surface area contributed by atoms with Gasteiger partial charge in [0.05, 0.1) is 52.1 Å². The van der Waals surface area contributed by atoms with Gasteiger partial charge in [0.1, 0.15) is 36.4 Å². The molecule has 23 heteroatoms. The van der Waals surface area contributed by atoms with Gasteiger partial charge in [0.15, 0.2) is 17.4 Å². The highest BCUT2D eigenvalue weighted by molar-refractivity contribution is 8.55. The molecular weight excluding hydrogens is 721 g/mol. The zero-order valence-electron chi connectivity index (χ0n) is 27.9. The third-order valence-corrected chi connectivity index (χ3v) is 11.1. The Bertz CT molecular complexity index is 1810. The minimum absolute atomic E-state index is 0.0232. The molecule has 5 N–H and O–H groups in total. The molecule has 3 aromatic heterocycles. The van der Waals surface area contributed by atoms with Crippen LogP contribution in [0.25, 0.3) is 11.2 Å². The van der Waals surface area contributed by atoms with E-state index in [-0.39, 0.29) is 38.0 Å². The molecular formula is C28H40N7O14PS. The van der Waals surface area contributed by atoms with E-state index in [4.69, 9.17) is 43.2 Å². The van der Waals surface area contributed by atoms with Crippen LogP contribution in [-0.2, 0) is 47.8 Å². The number of imidazole rings is 1. The van der Waals surface area contributed by atoms with Gasteiger partial charge in [0, 0.05) is 37.2 Å². The molecule has 2 fully saturated rings. The van der Waals surface area contributed by atoms with E-state index in [0.29, 0.717) is 22.5 Å². The lowest BCUT2D eigenvalue weighted by atomic mass is 10.1. The van der Waals surface area contributed by atoms with Gasteiger partial charge in [-0.3, -0.25) is 28.0 Å². The molecule has 0 spiro atoms. The van der Waals surface area contributed by atoms with Crippen LogP contribution < -0.4 is 17.0 Å². The number of nitrogen functional groups attached to an aromatic ring is 1. The number of H-pyrrole nitrogens is 1. The number of nitrogens with two attached hydrogens (primary N) is 1. The molecule has 0 aliphatic carbocycles. The number of aliphatic hydroxyl groups excluding tert-OH is 2. The molecule has 2 aliphatic heterocycles. The van der Waals surface area contributed by atoms with Gasteiger partial charge in [-0.05, 0) is 5.92 Å². The second-order valence-corrected chi connectivity index (χ2v) is 15.8.